The van der Waals surface area contributed by atoms with Crippen molar-refractivity contribution in [3.8, 4) is 0 Å². The first-order valence-corrected chi connectivity index (χ1v) is 8.69. The zero-order valence-corrected chi connectivity index (χ0v) is 15.0. The van der Waals surface area contributed by atoms with Crippen LogP contribution >= 0.6 is 27.7 Å². The van der Waals surface area contributed by atoms with E-state index < -0.39 is 0 Å². The Morgan fingerprint density at radius 1 is 1.30 bits per heavy atom. The number of halogens is 1. The topological polar surface area (TPSA) is 72.2 Å². The highest BCUT2D eigenvalue weighted by atomic mass is 79.9. The molecule has 2 aromatic heterocycles. The summed E-state index contributed by atoms with van der Waals surface area (Å²) in [6.45, 7) is 3.87. The van der Waals surface area contributed by atoms with Crippen molar-refractivity contribution < 1.29 is 4.79 Å². The molecule has 0 aliphatic rings. The van der Waals surface area contributed by atoms with Gasteiger partial charge < -0.3 is 5.32 Å². The van der Waals surface area contributed by atoms with Crippen LogP contribution < -0.4 is 5.32 Å². The Labute approximate surface area is 145 Å². The predicted molar refractivity (Wildman–Crippen MR) is 93.8 cm³/mol. The third kappa shape index (κ3) is 3.70. The highest BCUT2D eigenvalue weighted by molar-refractivity contribution is 9.10. The molecule has 3 rings (SSSR count). The van der Waals surface area contributed by atoms with Crippen LogP contribution in [0.4, 0.5) is 5.69 Å². The number of aryl methyl sites for hydroxylation is 2. The van der Waals surface area contributed by atoms with Crippen molar-refractivity contribution in [2.45, 2.75) is 19.0 Å². The molecule has 1 amide bonds. The van der Waals surface area contributed by atoms with E-state index in [4.69, 9.17) is 0 Å². The van der Waals surface area contributed by atoms with E-state index >= 15 is 0 Å². The van der Waals surface area contributed by atoms with E-state index in [1.807, 2.05) is 44.2 Å². The van der Waals surface area contributed by atoms with Gasteiger partial charge in [0.25, 0.3) is 5.78 Å². The monoisotopic (exact) mass is 391 g/mol. The van der Waals surface area contributed by atoms with Gasteiger partial charge in [0.1, 0.15) is 0 Å². The van der Waals surface area contributed by atoms with Gasteiger partial charge >= 0.3 is 0 Å². The van der Waals surface area contributed by atoms with E-state index in [1.165, 1.54) is 11.8 Å². The number of anilines is 1. The molecule has 0 saturated carbocycles. The molecule has 0 bridgehead atoms. The van der Waals surface area contributed by atoms with Gasteiger partial charge in [0, 0.05) is 15.9 Å². The average Bonchev–Trinajstić information content (AvgIpc) is 2.91. The summed E-state index contributed by atoms with van der Waals surface area (Å²) in [6.07, 6.45) is 0. The molecular weight excluding hydrogens is 378 g/mol. The van der Waals surface area contributed by atoms with Crippen LogP contribution in [0.1, 0.15) is 11.4 Å². The molecule has 0 aliphatic carbocycles. The Hall–Kier alpha value is -1.93. The quantitative estimate of drug-likeness (QED) is 0.691. The van der Waals surface area contributed by atoms with Crippen LogP contribution in [0, 0.1) is 13.8 Å². The molecule has 118 valence electrons. The van der Waals surface area contributed by atoms with E-state index in [2.05, 4.69) is 36.3 Å². The number of hydrogen-bond acceptors (Lipinski definition) is 5. The molecule has 23 heavy (non-hydrogen) atoms. The summed E-state index contributed by atoms with van der Waals surface area (Å²) in [5.74, 6) is 0.675. The molecule has 2 heterocycles. The summed E-state index contributed by atoms with van der Waals surface area (Å²) in [7, 11) is 0. The number of aromatic nitrogens is 4. The average molecular weight is 392 g/mol. The third-order valence-electron chi connectivity index (χ3n) is 3.08. The lowest BCUT2D eigenvalue weighted by atomic mass is 10.3. The number of benzene rings is 1. The number of nitrogens with zero attached hydrogens (tertiary/aromatic N) is 4. The van der Waals surface area contributed by atoms with E-state index in [0.29, 0.717) is 10.9 Å². The standard InChI is InChI=1S/C15H14BrN5OS/c1-9-7-10(2)21-14(17-9)19-15(20-21)23-8-13(22)18-12-6-4-3-5-11(12)16/h3-7H,8H2,1-2H3,(H,18,22). The Kier molecular flexibility index (Phi) is 4.63. The molecule has 0 aliphatic heterocycles. The summed E-state index contributed by atoms with van der Waals surface area (Å²) in [6, 6.07) is 9.42. The minimum atomic E-state index is -0.110. The molecule has 0 radical (unpaired) electrons. The molecule has 3 aromatic rings. The van der Waals surface area contributed by atoms with Crippen molar-refractivity contribution in [2.24, 2.45) is 0 Å². The summed E-state index contributed by atoms with van der Waals surface area (Å²) in [5, 5.41) is 7.75. The van der Waals surface area contributed by atoms with Gasteiger partial charge in [-0.2, -0.15) is 4.98 Å². The first kappa shape index (κ1) is 15.9. The molecule has 0 atom stereocenters. The van der Waals surface area contributed by atoms with Crippen LogP contribution in [0.15, 0.2) is 40.0 Å². The Bertz CT molecular complexity index is 879. The molecular formula is C15H14BrN5OS. The SMILES string of the molecule is Cc1cc(C)n2nc(SCC(=O)Nc3ccccc3Br)nc2n1. The van der Waals surface area contributed by atoms with Crippen LogP contribution in [0.5, 0.6) is 0 Å². The van der Waals surface area contributed by atoms with E-state index in [0.717, 1.165) is 21.5 Å². The lowest BCUT2D eigenvalue weighted by molar-refractivity contribution is -0.113. The smallest absolute Gasteiger partial charge is 0.253 e. The fourth-order valence-corrected chi connectivity index (χ4v) is 3.09. The number of carbonyl (C=O) groups excluding carboxylic acids is 1. The molecule has 0 unspecified atom stereocenters. The summed E-state index contributed by atoms with van der Waals surface area (Å²) >= 11 is 4.68. The molecule has 0 fully saturated rings. The maximum Gasteiger partial charge on any atom is 0.253 e. The Morgan fingerprint density at radius 2 is 2.09 bits per heavy atom. The maximum absolute atomic E-state index is 12.0. The Balaban J connectivity index is 1.67. The first-order chi connectivity index (χ1) is 11.0. The van der Waals surface area contributed by atoms with Crippen LogP contribution in [0.3, 0.4) is 0 Å². The number of thioether (sulfide) groups is 1. The summed E-state index contributed by atoms with van der Waals surface area (Å²) in [4.78, 5) is 20.7. The molecule has 0 spiro atoms. The predicted octanol–water partition coefficient (Wildman–Crippen LogP) is 3.23. The van der Waals surface area contributed by atoms with Crippen LogP contribution in [0.25, 0.3) is 5.78 Å². The number of amides is 1. The molecule has 0 saturated heterocycles. The highest BCUT2D eigenvalue weighted by Gasteiger charge is 2.11. The van der Waals surface area contributed by atoms with Gasteiger partial charge in [-0.15, -0.1) is 5.10 Å². The van der Waals surface area contributed by atoms with Crippen molar-refractivity contribution >= 4 is 45.1 Å². The zero-order chi connectivity index (χ0) is 16.4. The fraction of sp³-hybridized carbons (Fsp3) is 0.200. The van der Waals surface area contributed by atoms with Gasteiger partial charge in [-0.05, 0) is 48.0 Å². The van der Waals surface area contributed by atoms with Gasteiger partial charge in [-0.25, -0.2) is 9.50 Å². The molecule has 6 nitrogen and oxygen atoms in total. The normalized spacial score (nSPS) is 10.9. The van der Waals surface area contributed by atoms with Crippen molar-refractivity contribution in [2.75, 3.05) is 11.1 Å². The second-order valence-corrected chi connectivity index (χ2v) is 6.76. The van der Waals surface area contributed by atoms with Crippen molar-refractivity contribution in [3.63, 3.8) is 0 Å². The van der Waals surface area contributed by atoms with Crippen LogP contribution in [-0.4, -0.2) is 31.2 Å². The lowest BCUT2D eigenvalue weighted by Crippen LogP contribution is -2.14. The van der Waals surface area contributed by atoms with E-state index in [-0.39, 0.29) is 11.7 Å². The number of rotatable bonds is 4. The summed E-state index contributed by atoms with van der Waals surface area (Å²) in [5.41, 5.74) is 2.60. The lowest BCUT2D eigenvalue weighted by Gasteiger charge is -2.05. The minimum absolute atomic E-state index is 0.110. The molecule has 1 N–H and O–H groups in total. The van der Waals surface area contributed by atoms with Gasteiger partial charge in [0.05, 0.1) is 11.4 Å². The first-order valence-electron chi connectivity index (χ1n) is 6.91. The van der Waals surface area contributed by atoms with Crippen LogP contribution in [0.2, 0.25) is 0 Å². The minimum Gasteiger partial charge on any atom is -0.324 e. The largest absolute Gasteiger partial charge is 0.324 e. The van der Waals surface area contributed by atoms with Gasteiger partial charge in [0.15, 0.2) is 0 Å². The fourth-order valence-electron chi connectivity index (χ4n) is 2.09. The highest BCUT2D eigenvalue weighted by Crippen LogP contribution is 2.22. The second-order valence-electron chi connectivity index (χ2n) is 4.96. The number of para-hydroxylation sites is 1. The maximum atomic E-state index is 12.0. The third-order valence-corrected chi connectivity index (χ3v) is 4.61. The number of nitrogens with one attached hydrogen (secondary N) is 1. The second kappa shape index (κ2) is 6.67. The van der Waals surface area contributed by atoms with Crippen LogP contribution in [-0.2, 0) is 4.79 Å². The molecule has 8 heteroatoms. The van der Waals surface area contributed by atoms with Crippen molar-refractivity contribution in [1.82, 2.24) is 19.6 Å². The zero-order valence-electron chi connectivity index (χ0n) is 12.6. The van der Waals surface area contributed by atoms with Gasteiger partial charge in [0.2, 0.25) is 11.1 Å². The van der Waals surface area contributed by atoms with Gasteiger partial charge in [-0.1, -0.05) is 23.9 Å². The van der Waals surface area contributed by atoms with Crippen molar-refractivity contribution in [1.29, 1.82) is 0 Å². The van der Waals surface area contributed by atoms with Gasteiger partial charge in [-0.3, -0.25) is 4.79 Å². The Morgan fingerprint density at radius 3 is 2.87 bits per heavy atom. The van der Waals surface area contributed by atoms with E-state index in [9.17, 15) is 4.79 Å². The van der Waals surface area contributed by atoms with Crippen molar-refractivity contribution in [3.05, 3.63) is 46.2 Å². The molecule has 1 aromatic carbocycles. The van der Waals surface area contributed by atoms with E-state index in [1.54, 1.807) is 4.52 Å². The number of fused-ring (bicyclic) bond motifs is 1. The summed E-state index contributed by atoms with van der Waals surface area (Å²) < 4.78 is 2.53. The number of carbonyl (C=O) groups is 1. The number of hydrogen-bond donors (Lipinski definition) is 1.